The Labute approximate surface area is 115 Å². The van der Waals surface area contributed by atoms with Crippen LogP contribution in [0.4, 0.5) is 0 Å². The zero-order valence-electron chi connectivity index (χ0n) is 11.5. The summed E-state index contributed by atoms with van der Waals surface area (Å²) in [6.45, 7) is 0. The summed E-state index contributed by atoms with van der Waals surface area (Å²) in [7, 11) is 0. The van der Waals surface area contributed by atoms with Crippen molar-refractivity contribution in [2.24, 2.45) is 5.92 Å². The molecule has 2 aliphatic rings. The van der Waals surface area contributed by atoms with Crippen molar-refractivity contribution in [3.8, 4) is 0 Å². The van der Waals surface area contributed by atoms with Crippen LogP contribution >= 0.6 is 0 Å². The Morgan fingerprint density at radius 3 is 2.42 bits per heavy atom. The van der Waals surface area contributed by atoms with E-state index in [1.807, 2.05) is 6.07 Å². The predicted molar refractivity (Wildman–Crippen MR) is 75.9 cm³/mol. The number of aliphatic hydroxyl groups is 1. The first-order chi connectivity index (χ1) is 9.33. The van der Waals surface area contributed by atoms with Crippen molar-refractivity contribution in [3.05, 3.63) is 35.9 Å². The number of hydrogen-bond donors (Lipinski definition) is 1. The Hall–Kier alpha value is -0.860. The largest absolute Gasteiger partial charge is 0.393 e. The van der Waals surface area contributed by atoms with Crippen molar-refractivity contribution in [1.82, 2.24) is 0 Å². The van der Waals surface area contributed by atoms with Crippen LogP contribution in [0.25, 0.3) is 0 Å². The van der Waals surface area contributed by atoms with Crippen LogP contribution in [0.15, 0.2) is 30.3 Å². The van der Waals surface area contributed by atoms with Gasteiger partial charge in [0.1, 0.15) is 0 Å². The molecule has 3 atom stereocenters. The minimum Gasteiger partial charge on any atom is -0.393 e. The summed E-state index contributed by atoms with van der Waals surface area (Å²) in [6.07, 6.45) is 8.29. The highest BCUT2D eigenvalue weighted by atomic mass is 16.5. The summed E-state index contributed by atoms with van der Waals surface area (Å²) in [6, 6.07) is 10.4. The van der Waals surface area contributed by atoms with Gasteiger partial charge < -0.3 is 9.84 Å². The highest BCUT2D eigenvalue weighted by molar-refractivity contribution is 5.18. The minimum atomic E-state index is -0.203. The second-order valence-corrected chi connectivity index (χ2v) is 6.10. The van der Waals surface area contributed by atoms with Gasteiger partial charge in [-0.3, -0.25) is 0 Å². The fourth-order valence-corrected chi connectivity index (χ4v) is 3.63. The Kier molecular flexibility index (Phi) is 4.19. The van der Waals surface area contributed by atoms with Crippen molar-refractivity contribution >= 4 is 0 Å². The number of aliphatic hydroxyl groups excluding tert-OH is 1. The monoisotopic (exact) mass is 260 g/mol. The highest BCUT2D eigenvalue weighted by Crippen LogP contribution is 2.38. The predicted octanol–water partition coefficient (Wildman–Crippen LogP) is 3.85. The van der Waals surface area contributed by atoms with Gasteiger partial charge in [0.05, 0.1) is 18.3 Å². The molecule has 2 fully saturated rings. The van der Waals surface area contributed by atoms with E-state index in [1.54, 1.807) is 0 Å². The van der Waals surface area contributed by atoms with Crippen LogP contribution in [0.3, 0.4) is 0 Å². The molecule has 1 aromatic carbocycles. The standard InChI is InChI=1S/C17H24O2/c18-15-11-16(13-7-3-1-4-8-13)19-17(12-15)14-9-5-2-6-10-14/h1,3-4,7-8,14-18H,2,5-6,9-12H2. The van der Waals surface area contributed by atoms with E-state index >= 15 is 0 Å². The summed E-state index contributed by atoms with van der Waals surface area (Å²) in [4.78, 5) is 0. The first-order valence-corrected chi connectivity index (χ1v) is 7.71. The number of hydrogen-bond acceptors (Lipinski definition) is 2. The van der Waals surface area contributed by atoms with Crippen molar-refractivity contribution < 1.29 is 9.84 Å². The number of ether oxygens (including phenoxy) is 1. The Bertz CT molecular complexity index is 384. The quantitative estimate of drug-likeness (QED) is 0.875. The van der Waals surface area contributed by atoms with Gasteiger partial charge in [-0.2, -0.15) is 0 Å². The van der Waals surface area contributed by atoms with Crippen LogP contribution in [-0.4, -0.2) is 17.3 Å². The van der Waals surface area contributed by atoms with E-state index in [0.29, 0.717) is 5.92 Å². The summed E-state index contributed by atoms with van der Waals surface area (Å²) in [5.74, 6) is 0.662. The van der Waals surface area contributed by atoms with Gasteiger partial charge >= 0.3 is 0 Å². The molecular formula is C17H24O2. The molecule has 104 valence electrons. The molecule has 0 radical (unpaired) electrons. The second-order valence-electron chi connectivity index (χ2n) is 6.10. The van der Waals surface area contributed by atoms with Crippen LogP contribution in [0.1, 0.15) is 56.6 Å². The molecule has 1 aliphatic carbocycles. The maximum Gasteiger partial charge on any atom is 0.0853 e. The SMILES string of the molecule is OC1CC(c2ccccc2)OC(C2CCCCC2)C1. The second kappa shape index (κ2) is 6.06. The van der Waals surface area contributed by atoms with E-state index in [0.717, 1.165) is 12.8 Å². The summed E-state index contributed by atoms with van der Waals surface area (Å²) in [5.41, 5.74) is 1.21. The molecule has 3 unspecified atom stereocenters. The lowest BCUT2D eigenvalue weighted by Crippen LogP contribution is -2.37. The van der Waals surface area contributed by atoms with Crippen molar-refractivity contribution in [3.63, 3.8) is 0 Å². The summed E-state index contributed by atoms with van der Waals surface area (Å²) in [5, 5.41) is 10.2. The van der Waals surface area contributed by atoms with Crippen molar-refractivity contribution in [2.45, 2.75) is 63.3 Å². The molecule has 0 spiro atoms. The van der Waals surface area contributed by atoms with Gasteiger partial charge in [-0.1, -0.05) is 49.6 Å². The summed E-state index contributed by atoms with van der Waals surface area (Å²) >= 11 is 0. The van der Waals surface area contributed by atoms with Gasteiger partial charge in [-0.25, -0.2) is 0 Å². The third kappa shape index (κ3) is 3.18. The van der Waals surface area contributed by atoms with Crippen LogP contribution in [-0.2, 0) is 4.74 Å². The first kappa shape index (κ1) is 13.1. The van der Waals surface area contributed by atoms with Gasteiger partial charge in [-0.15, -0.1) is 0 Å². The maximum absolute atomic E-state index is 10.2. The Balaban J connectivity index is 1.70. The van der Waals surface area contributed by atoms with Crippen molar-refractivity contribution in [2.75, 3.05) is 0 Å². The zero-order valence-corrected chi connectivity index (χ0v) is 11.5. The van der Waals surface area contributed by atoms with Gasteiger partial charge in [0.25, 0.3) is 0 Å². The summed E-state index contributed by atoms with van der Waals surface area (Å²) < 4.78 is 6.32. The fraction of sp³-hybridized carbons (Fsp3) is 0.647. The number of benzene rings is 1. The molecule has 0 aromatic heterocycles. The first-order valence-electron chi connectivity index (χ1n) is 7.71. The van der Waals surface area contributed by atoms with Crippen LogP contribution < -0.4 is 0 Å². The third-order valence-electron chi connectivity index (χ3n) is 4.68. The maximum atomic E-state index is 10.2. The molecule has 2 heteroatoms. The molecule has 2 nitrogen and oxygen atoms in total. The molecule has 0 bridgehead atoms. The van der Waals surface area contributed by atoms with E-state index < -0.39 is 0 Å². The number of rotatable bonds is 2. The third-order valence-corrected chi connectivity index (χ3v) is 4.68. The molecule has 1 N–H and O–H groups in total. The van der Waals surface area contributed by atoms with Gasteiger partial charge in [0.15, 0.2) is 0 Å². The highest BCUT2D eigenvalue weighted by Gasteiger charge is 2.34. The van der Waals surface area contributed by atoms with E-state index in [1.165, 1.54) is 37.7 Å². The zero-order chi connectivity index (χ0) is 13.1. The Morgan fingerprint density at radius 2 is 1.68 bits per heavy atom. The molecule has 1 saturated carbocycles. The van der Waals surface area contributed by atoms with E-state index in [4.69, 9.17) is 4.74 Å². The van der Waals surface area contributed by atoms with Crippen LogP contribution in [0, 0.1) is 5.92 Å². The van der Waals surface area contributed by atoms with Gasteiger partial charge in [-0.05, 0) is 30.7 Å². The lowest BCUT2D eigenvalue weighted by atomic mass is 9.81. The van der Waals surface area contributed by atoms with Gasteiger partial charge in [0, 0.05) is 6.42 Å². The van der Waals surface area contributed by atoms with Crippen LogP contribution in [0.2, 0.25) is 0 Å². The Morgan fingerprint density at radius 1 is 0.947 bits per heavy atom. The molecule has 1 aromatic rings. The van der Waals surface area contributed by atoms with Gasteiger partial charge in [0.2, 0.25) is 0 Å². The lowest BCUT2D eigenvalue weighted by Gasteiger charge is -2.39. The molecule has 19 heavy (non-hydrogen) atoms. The lowest BCUT2D eigenvalue weighted by molar-refractivity contribution is -0.124. The topological polar surface area (TPSA) is 29.5 Å². The average molecular weight is 260 g/mol. The van der Waals surface area contributed by atoms with E-state index in [2.05, 4.69) is 24.3 Å². The molecule has 3 rings (SSSR count). The molecule has 1 saturated heterocycles. The average Bonchev–Trinajstić information content (AvgIpc) is 2.48. The molecule has 1 aliphatic heterocycles. The van der Waals surface area contributed by atoms with Crippen molar-refractivity contribution in [1.29, 1.82) is 0 Å². The van der Waals surface area contributed by atoms with E-state index in [9.17, 15) is 5.11 Å². The molecule has 1 heterocycles. The minimum absolute atomic E-state index is 0.0804. The molecular weight excluding hydrogens is 236 g/mol. The molecule has 0 amide bonds. The van der Waals surface area contributed by atoms with Crippen LogP contribution in [0.5, 0.6) is 0 Å². The van der Waals surface area contributed by atoms with E-state index in [-0.39, 0.29) is 18.3 Å². The normalized spacial score (nSPS) is 33.2. The smallest absolute Gasteiger partial charge is 0.0853 e. The fourth-order valence-electron chi connectivity index (χ4n) is 3.63.